The second-order valence-electron chi connectivity index (χ2n) is 4.54. The number of hydrogen-bond donors (Lipinski definition) is 2. The van der Waals surface area contributed by atoms with Gasteiger partial charge in [-0.3, -0.25) is 9.59 Å². The van der Waals surface area contributed by atoms with Gasteiger partial charge in [0.1, 0.15) is 0 Å². The average molecular weight is 359 g/mol. The molecule has 0 heterocycles. The van der Waals surface area contributed by atoms with Gasteiger partial charge in [-0.05, 0) is 60.1 Å². The molecule has 1 aliphatic rings. The molecule has 1 fully saturated rings. The van der Waals surface area contributed by atoms with E-state index in [0.29, 0.717) is 19.3 Å². The normalized spacial score (nSPS) is 22.7. The van der Waals surface area contributed by atoms with Crippen LogP contribution < -0.4 is 5.32 Å². The van der Waals surface area contributed by atoms with Gasteiger partial charge in [-0.25, -0.2) is 0 Å². The number of halogens is 1. The molecular formula is C13H14INO3. The second kappa shape index (κ2) is 5.69. The molecule has 1 aliphatic carbocycles. The third-order valence-corrected chi connectivity index (χ3v) is 3.92. The quantitative estimate of drug-likeness (QED) is 0.816. The van der Waals surface area contributed by atoms with Gasteiger partial charge in [0.15, 0.2) is 0 Å². The van der Waals surface area contributed by atoms with Crippen molar-refractivity contribution in [3.63, 3.8) is 0 Å². The van der Waals surface area contributed by atoms with Crippen LogP contribution >= 0.6 is 22.6 Å². The lowest BCUT2D eigenvalue weighted by molar-refractivity contribution is -0.141. The fourth-order valence-electron chi connectivity index (χ4n) is 2.25. The Hall–Kier alpha value is -1.11. The van der Waals surface area contributed by atoms with Crippen LogP contribution in [-0.4, -0.2) is 17.0 Å². The molecule has 5 heteroatoms. The molecule has 0 spiro atoms. The Morgan fingerprint density at radius 1 is 1.28 bits per heavy atom. The standard InChI is InChI=1S/C13H14INO3/c14-10-2-1-3-11(7-10)15-12(16)8-4-5-9(6-8)13(17)18/h1-3,7-9H,4-6H2,(H,15,16)(H,17,18)/t8-,9+/m0/s1. The molecule has 0 aromatic heterocycles. The third kappa shape index (κ3) is 3.22. The molecule has 1 amide bonds. The van der Waals surface area contributed by atoms with Gasteiger partial charge in [0.2, 0.25) is 5.91 Å². The third-order valence-electron chi connectivity index (χ3n) is 3.24. The van der Waals surface area contributed by atoms with Gasteiger partial charge in [0, 0.05) is 15.2 Å². The Morgan fingerprint density at radius 3 is 2.61 bits per heavy atom. The highest BCUT2D eigenvalue weighted by Crippen LogP contribution is 2.31. The minimum atomic E-state index is -0.792. The summed E-state index contributed by atoms with van der Waals surface area (Å²) < 4.78 is 1.06. The Balaban J connectivity index is 1.95. The van der Waals surface area contributed by atoms with Crippen LogP contribution in [0.4, 0.5) is 5.69 Å². The van der Waals surface area contributed by atoms with Gasteiger partial charge in [-0.15, -0.1) is 0 Å². The Labute approximate surface area is 119 Å². The van der Waals surface area contributed by atoms with E-state index in [2.05, 4.69) is 27.9 Å². The summed E-state index contributed by atoms with van der Waals surface area (Å²) in [6.45, 7) is 0. The molecule has 2 N–H and O–H groups in total. The highest BCUT2D eigenvalue weighted by atomic mass is 127. The summed E-state index contributed by atoms with van der Waals surface area (Å²) in [5.74, 6) is -1.40. The molecule has 1 saturated carbocycles. The SMILES string of the molecule is O=C(O)[C@@H]1CC[C@H](C(=O)Nc2cccc(I)c2)C1. The van der Waals surface area contributed by atoms with Crippen LogP contribution in [0.15, 0.2) is 24.3 Å². The van der Waals surface area contributed by atoms with Crippen LogP contribution in [0.1, 0.15) is 19.3 Å². The zero-order valence-corrected chi connectivity index (χ0v) is 11.9. The Bertz CT molecular complexity index is 475. The van der Waals surface area contributed by atoms with Crippen molar-refractivity contribution in [1.29, 1.82) is 0 Å². The number of carbonyl (C=O) groups is 2. The minimum Gasteiger partial charge on any atom is -0.481 e. The molecule has 96 valence electrons. The van der Waals surface area contributed by atoms with E-state index in [-0.39, 0.29) is 17.7 Å². The maximum Gasteiger partial charge on any atom is 0.306 e. The summed E-state index contributed by atoms with van der Waals surface area (Å²) >= 11 is 2.18. The van der Waals surface area contributed by atoms with Crippen molar-refractivity contribution in [2.24, 2.45) is 11.8 Å². The van der Waals surface area contributed by atoms with Crippen LogP contribution in [0.5, 0.6) is 0 Å². The van der Waals surface area contributed by atoms with Gasteiger partial charge in [0.05, 0.1) is 5.92 Å². The molecule has 4 nitrogen and oxygen atoms in total. The number of rotatable bonds is 3. The highest BCUT2D eigenvalue weighted by Gasteiger charge is 2.33. The smallest absolute Gasteiger partial charge is 0.306 e. The first-order valence-corrected chi connectivity index (χ1v) is 6.93. The zero-order chi connectivity index (χ0) is 13.1. The number of carboxylic acid groups (broad SMARTS) is 1. The molecule has 18 heavy (non-hydrogen) atoms. The van der Waals surface area contributed by atoms with E-state index in [1.807, 2.05) is 24.3 Å². The van der Waals surface area contributed by atoms with Crippen molar-refractivity contribution in [3.05, 3.63) is 27.8 Å². The van der Waals surface area contributed by atoms with E-state index in [0.717, 1.165) is 9.26 Å². The molecule has 0 radical (unpaired) electrons. The van der Waals surface area contributed by atoms with Crippen LogP contribution in [0, 0.1) is 15.4 Å². The second-order valence-corrected chi connectivity index (χ2v) is 5.79. The summed E-state index contributed by atoms with van der Waals surface area (Å²) in [7, 11) is 0. The van der Waals surface area contributed by atoms with Crippen molar-refractivity contribution in [2.75, 3.05) is 5.32 Å². The average Bonchev–Trinajstić information content (AvgIpc) is 2.78. The number of benzene rings is 1. The van der Waals surface area contributed by atoms with Crippen molar-refractivity contribution in [2.45, 2.75) is 19.3 Å². The van der Waals surface area contributed by atoms with E-state index >= 15 is 0 Å². The van der Waals surface area contributed by atoms with E-state index < -0.39 is 5.97 Å². The molecule has 2 rings (SSSR count). The first-order chi connectivity index (χ1) is 8.56. The fraction of sp³-hybridized carbons (Fsp3) is 0.385. The van der Waals surface area contributed by atoms with Crippen molar-refractivity contribution < 1.29 is 14.7 Å². The first kappa shape index (κ1) is 13.3. The maximum absolute atomic E-state index is 12.0. The minimum absolute atomic E-state index is 0.0687. The van der Waals surface area contributed by atoms with Crippen molar-refractivity contribution in [1.82, 2.24) is 0 Å². The molecule has 1 aromatic carbocycles. The number of carboxylic acids is 1. The van der Waals surface area contributed by atoms with Crippen LogP contribution in [0.3, 0.4) is 0 Å². The Morgan fingerprint density at radius 2 is 2.00 bits per heavy atom. The van der Waals surface area contributed by atoms with Gasteiger partial charge in [-0.2, -0.15) is 0 Å². The van der Waals surface area contributed by atoms with E-state index in [9.17, 15) is 9.59 Å². The van der Waals surface area contributed by atoms with Crippen LogP contribution in [-0.2, 0) is 9.59 Å². The lowest BCUT2D eigenvalue weighted by Crippen LogP contribution is -2.21. The molecule has 0 aliphatic heterocycles. The fourth-order valence-corrected chi connectivity index (χ4v) is 2.80. The largest absolute Gasteiger partial charge is 0.481 e. The van der Waals surface area contributed by atoms with E-state index in [4.69, 9.17) is 5.11 Å². The summed E-state index contributed by atoms with van der Waals surface area (Å²) in [5.41, 5.74) is 0.769. The number of aliphatic carboxylic acids is 1. The summed E-state index contributed by atoms with van der Waals surface area (Å²) in [6, 6.07) is 7.56. The predicted octanol–water partition coefficient (Wildman–Crippen LogP) is 2.73. The summed E-state index contributed by atoms with van der Waals surface area (Å²) in [6.07, 6.45) is 1.71. The Kier molecular flexibility index (Phi) is 4.21. The van der Waals surface area contributed by atoms with Gasteiger partial charge in [-0.1, -0.05) is 6.07 Å². The predicted molar refractivity (Wildman–Crippen MR) is 76.3 cm³/mol. The molecule has 0 unspecified atom stereocenters. The van der Waals surface area contributed by atoms with E-state index in [1.54, 1.807) is 0 Å². The lowest BCUT2D eigenvalue weighted by Gasteiger charge is -2.11. The first-order valence-electron chi connectivity index (χ1n) is 5.85. The van der Waals surface area contributed by atoms with Crippen molar-refractivity contribution in [3.8, 4) is 0 Å². The molecule has 2 atom stereocenters. The molecular weight excluding hydrogens is 345 g/mol. The van der Waals surface area contributed by atoms with Gasteiger partial charge in [0.25, 0.3) is 0 Å². The highest BCUT2D eigenvalue weighted by molar-refractivity contribution is 14.1. The van der Waals surface area contributed by atoms with Gasteiger partial charge < -0.3 is 10.4 Å². The van der Waals surface area contributed by atoms with Crippen molar-refractivity contribution >= 4 is 40.2 Å². The number of carbonyl (C=O) groups excluding carboxylic acids is 1. The van der Waals surface area contributed by atoms with Crippen LogP contribution in [0.25, 0.3) is 0 Å². The monoisotopic (exact) mass is 359 g/mol. The van der Waals surface area contributed by atoms with E-state index in [1.165, 1.54) is 0 Å². The lowest BCUT2D eigenvalue weighted by atomic mass is 10.0. The number of hydrogen-bond acceptors (Lipinski definition) is 2. The topological polar surface area (TPSA) is 66.4 Å². The summed E-state index contributed by atoms with van der Waals surface area (Å²) in [4.78, 5) is 22.8. The maximum atomic E-state index is 12.0. The molecule has 1 aromatic rings. The zero-order valence-electron chi connectivity index (χ0n) is 9.73. The van der Waals surface area contributed by atoms with Crippen LogP contribution in [0.2, 0.25) is 0 Å². The summed E-state index contributed by atoms with van der Waals surface area (Å²) in [5, 5.41) is 11.8. The molecule has 0 saturated heterocycles. The number of amides is 1. The molecule has 0 bridgehead atoms. The number of nitrogens with one attached hydrogen (secondary N) is 1. The number of anilines is 1. The van der Waals surface area contributed by atoms with Gasteiger partial charge >= 0.3 is 5.97 Å².